The summed E-state index contributed by atoms with van der Waals surface area (Å²) in [5.41, 5.74) is 0.743. The SMILES string of the molecule is CC(C)N1CC(C(=O)Nc2nnc(CN3C(=O)c4ccccc4C3=O)s2)CC1=O. The van der Waals surface area contributed by atoms with E-state index in [9.17, 15) is 19.2 Å². The molecule has 1 unspecified atom stereocenters. The molecule has 2 aliphatic heterocycles. The van der Waals surface area contributed by atoms with Gasteiger partial charge in [-0.25, -0.2) is 0 Å². The number of fused-ring (bicyclic) bond motifs is 1. The van der Waals surface area contributed by atoms with Gasteiger partial charge in [0.15, 0.2) is 0 Å². The number of nitrogens with one attached hydrogen (secondary N) is 1. The van der Waals surface area contributed by atoms with Crippen LogP contribution < -0.4 is 5.32 Å². The Morgan fingerprint density at radius 1 is 1.17 bits per heavy atom. The summed E-state index contributed by atoms with van der Waals surface area (Å²) in [5.74, 6) is -1.50. The van der Waals surface area contributed by atoms with Gasteiger partial charge in [0, 0.05) is 19.0 Å². The van der Waals surface area contributed by atoms with E-state index in [1.54, 1.807) is 29.2 Å². The molecule has 1 aromatic heterocycles. The van der Waals surface area contributed by atoms with Crippen molar-refractivity contribution in [1.29, 1.82) is 0 Å². The summed E-state index contributed by atoms with van der Waals surface area (Å²) < 4.78 is 0. The lowest BCUT2D eigenvalue weighted by molar-refractivity contribution is -0.129. The van der Waals surface area contributed by atoms with Crippen molar-refractivity contribution in [1.82, 2.24) is 20.0 Å². The third-order valence-electron chi connectivity index (χ3n) is 5.02. The number of hydrogen-bond acceptors (Lipinski definition) is 7. The zero-order valence-electron chi connectivity index (χ0n) is 15.9. The van der Waals surface area contributed by atoms with Crippen LogP contribution in [0, 0.1) is 5.92 Å². The number of carbonyl (C=O) groups excluding carboxylic acids is 4. The molecule has 10 heteroatoms. The van der Waals surface area contributed by atoms with Gasteiger partial charge in [-0.05, 0) is 26.0 Å². The predicted octanol–water partition coefficient (Wildman–Crippen LogP) is 1.53. The maximum absolute atomic E-state index is 12.5. The van der Waals surface area contributed by atoms with Crippen LogP contribution in [0.25, 0.3) is 0 Å². The van der Waals surface area contributed by atoms with Crippen LogP contribution in [0.5, 0.6) is 0 Å². The van der Waals surface area contributed by atoms with Crippen molar-refractivity contribution in [3.8, 4) is 0 Å². The van der Waals surface area contributed by atoms with E-state index in [0.29, 0.717) is 22.7 Å². The van der Waals surface area contributed by atoms with Crippen LogP contribution in [-0.2, 0) is 16.1 Å². The molecule has 1 atom stereocenters. The number of benzene rings is 1. The molecule has 1 aromatic carbocycles. The fourth-order valence-corrected chi connectivity index (χ4v) is 4.23. The Labute approximate surface area is 170 Å². The van der Waals surface area contributed by atoms with Crippen LogP contribution in [0.2, 0.25) is 0 Å². The standard InChI is InChI=1S/C19H19N5O4S/c1-10(2)23-8-11(7-15(23)25)16(26)20-19-22-21-14(29-19)9-24-17(27)12-5-3-4-6-13(12)18(24)28/h3-6,10-11H,7-9H2,1-2H3,(H,20,22,26). The average Bonchev–Trinajstić information content (AvgIpc) is 3.36. The normalized spacial score (nSPS) is 18.7. The molecule has 9 nitrogen and oxygen atoms in total. The number of imide groups is 1. The molecule has 4 rings (SSSR count). The molecule has 1 fully saturated rings. The minimum absolute atomic E-state index is 0.0110. The second-order valence-corrected chi connectivity index (χ2v) is 8.34. The summed E-state index contributed by atoms with van der Waals surface area (Å²) in [6.45, 7) is 4.19. The summed E-state index contributed by atoms with van der Waals surface area (Å²) >= 11 is 1.10. The molecule has 0 spiro atoms. The Kier molecular flexibility index (Phi) is 4.87. The zero-order valence-corrected chi connectivity index (χ0v) is 16.7. The van der Waals surface area contributed by atoms with Crippen molar-refractivity contribution in [2.75, 3.05) is 11.9 Å². The third kappa shape index (κ3) is 3.51. The van der Waals surface area contributed by atoms with Gasteiger partial charge in [0.25, 0.3) is 11.8 Å². The fourth-order valence-electron chi connectivity index (χ4n) is 3.50. The van der Waals surface area contributed by atoms with E-state index in [4.69, 9.17) is 0 Å². The topological polar surface area (TPSA) is 113 Å². The summed E-state index contributed by atoms with van der Waals surface area (Å²) in [4.78, 5) is 52.1. The van der Waals surface area contributed by atoms with Gasteiger partial charge in [-0.15, -0.1) is 10.2 Å². The lowest BCUT2D eigenvalue weighted by Gasteiger charge is -2.20. The number of carbonyl (C=O) groups is 4. The third-order valence-corrected chi connectivity index (χ3v) is 5.84. The van der Waals surface area contributed by atoms with Gasteiger partial charge in [0.1, 0.15) is 5.01 Å². The molecule has 150 valence electrons. The van der Waals surface area contributed by atoms with Gasteiger partial charge in [-0.2, -0.15) is 0 Å². The van der Waals surface area contributed by atoms with Gasteiger partial charge in [-0.3, -0.25) is 24.1 Å². The predicted molar refractivity (Wildman–Crippen MR) is 104 cm³/mol. The minimum Gasteiger partial charge on any atom is -0.339 e. The van der Waals surface area contributed by atoms with E-state index in [2.05, 4.69) is 15.5 Å². The second-order valence-electron chi connectivity index (χ2n) is 7.27. The lowest BCUT2D eigenvalue weighted by atomic mass is 10.1. The van der Waals surface area contributed by atoms with E-state index in [-0.39, 0.29) is 47.8 Å². The Balaban J connectivity index is 1.40. The largest absolute Gasteiger partial charge is 0.339 e. The van der Waals surface area contributed by atoms with Gasteiger partial charge in [0.05, 0.1) is 23.6 Å². The Hall–Kier alpha value is -3.14. The Morgan fingerprint density at radius 3 is 2.41 bits per heavy atom. The maximum atomic E-state index is 12.5. The summed E-state index contributed by atoms with van der Waals surface area (Å²) in [7, 11) is 0. The van der Waals surface area contributed by atoms with Crippen molar-refractivity contribution in [2.45, 2.75) is 32.9 Å². The fraction of sp³-hybridized carbons (Fsp3) is 0.368. The highest BCUT2D eigenvalue weighted by molar-refractivity contribution is 7.15. The maximum Gasteiger partial charge on any atom is 0.261 e. The Bertz CT molecular complexity index is 983. The molecule has 0 saturated carbocycles. The highest BCUT2D eigenvalue weighted by atomic mass is 32.1. The molecule has 2 aliphatic rings. The van der Waals surface area contributed by atoms with Gasteiger partial charge in [-0.1, -0.05) is 23.5 Å². The highest BCUT2D eigenvalue weighted by Gasteiger charge is 2.37. The minimum atomic E-state index is -0.437. The summed E-state index contributed by atoms with van der Waals surface area (Å²) in [6.07, 6.45) is 0.171. The molecule has 0 radical (unpaired) electrons. The summed E-state index contributed by atoms with van der Waals surface area (Å²) in [5, 5.41) is 11.3. The molecular weight excluding hydrogens is 394 g/mol. The number of hydrogen-bond donors (Lipinski definition) is 1. The van der Waals surface area contributed by atoms with E-state index in [1.165, 1.54) is 0 Å². The van der Waals surface area contributed by atoms with E-state index in [1.807, 2.05) is 13.8 Å². The molecule has 3 heterocycles. The quantitative estimate of drug-likeness (QED) is 0.744. The molecule has 4 amide bonds. The van der Waals surface area contributed by atoms with Crippen LogP contribution in [-0.4, -0.2) is 56.2 Å². The monoisotopic (exact) mass is 413 g/mol. The van der Waals surface area contributed by atoms with E-state index < -0.39 is 5.92 Å². The van der Waals surface area contributed by atoms with Crippen LogP contribution in [0.15, 0.2) is 24.3 Å². The van der Waals surface area contributed by atoms with Crippen molar-refractivity contribution in [3.63, 3.8) is 0 Å². The average molecular weight is 413 g/mol. The van der Waals surface area contributed by atoms with Crippen LogP contribution >= 0.6 is 11.3 Å². The molecule has 1 saturated heterocycles. The number of nitrogens with zero attached hydrogens (tertiary/aromatic N) is 4. The number of likely N-dealkylation sites (tertiary alicyclic amines) is 1. The first-order chi connectivity index (χ1) is 13.8. The number of aromatic nitrogens is 2. The number of rotatable bonds is 5. The number of amides is 4. The summed E-state index contributed by atoms with van der Waals surface area (Å²) in [6, 6.07) is 6.70. The molecule has 0 bridgehead atoms. The van der Waals surface area contributed by atoms with Crippen LogP contribution in [0.4, 0.5) is 5.13 Å². The van der Waals surface area contributed by atoms with Crippen molar-refractivity contribution < 1.29 is 19.2 Å². The van der Waals surface area contributed by atoms with Gasteiger partial charge < -0.3 is 10.2 Å². The van der Waals surface area contributed by atoms with Crippen molar-refractivity contribution in [3.05, 3.63) is 40.4 Å². The second kappa shape index (κ2) is 7.36. The first-order valence-corrected chi connectivity index (χ1v) is 10.0. The number of anilines is 1. The smallest absolute Gasteiger partial charge is 0.261 e. The van der Waals surface area contributed by atoms with Crippen molar-refractivity contribution >= 4 is 40.1 Å². The Morgan fingerprint density at radius 2 is 1.83 bits per heavy atom. The lowest BCUT2D eigenvalue weighted by Crippen LogP contribution is -2.33. The highest BCUT2D eigenvalue weighted by Crippen LogP contribution is 2.27. The van der Waals surface area contributed by atoms with E-state index >= 15 is 0 Å². The van der Waals surface area contributed by atoms with Crippen LogP contribution in [0.3, 0.4) is 0 Å². The van der Waals surface area contributed by atoms with Gasteiger partial charge >= 0.3 is 0 Å². The molecule has 1 N–H and O–H groups in total. The zero-order chi connectivity index (χ0) is 20.7. The van der Waals surface area contributed by atoms with Crippen LogP contribution in [0.1, 0.15) is 46.0 Å². The molecular formula is C19H19N5O4S. The van der Waals surface area contributed by atoms with Crippen molar-refractivity contribution in [2.24, 2.45) is 5.92 Å². The molecule has 2 aromatic rings. The molecule has 29 heavy (non-hydrogen) atoms. The van der Waals surface area contributed by atoms with E-state index in [0.717, 1.165) is 16.2 Å². The first-order valence-electron chi connectivity index (χ1n) is 9.23. The van der Waals surface area contributed by atoms with Gasteiger partial charge in [0.2, 0.25) is 16.9 Å². The first kappa shape index (κ1) is 19.2. The molecule has 0 aliphatic carbocycles.